The molecule has 1 aromatic rings. The van der Waals surface area contributed by atoms with Crippen molar-refractivity contribution in [3.05, 3.63) is 18.0 Å². The maximum atomic E-state index is 12.1. The van der Waals surface area contributed by atoms with E-state index in [1.54, 1.807) is 7.11 Å². The molecule has 0 unspecified atom stereocenters. The van der Waals surface area contributed by atoms with E-state index in [-0.39, 0.29) is 5.91 Å². The molecule has 1 aliphatic rings. The largest absolute Gasteiger partial charge is 0.383 e. The van der Waals surface area contributed by atoms with Crippen molar-refractivity contribution >= 4 is 5.91 Å². The lowest BCUT2D eigenvalue weighted by Crippen LogP contribution is -2.43. The van der Waals surface area contributed by atoms with Crippen molar-refractivity contribution in [1.82, 2.24) is 20.0 Å². The summed E-state index contributed by atoms with van der Waals surface area (Å²) in [5.74, 6) is 0.726. The fourth-order valence-electron chi connectivity index (χ4n) is 2.71. The number of hydrogen-bond acceptors (Lipinski definition) is 4. The lowest BCUT2D eigenvalue weighted by molar-refractivity contribution is -0.131. The number of aromatic nitrogens is 2. The Kier molecular flexibility index (Phi) is 6.20. The number of hydrogen-bond donors (Lipinski definition) is 1. The molecule has 0 bridgehead atoms. The highest BCUT2D eigenvalue weighted by atomic mass is 16.5. The standard InChI is InChI=1S/C15H26N4O2/c1-3-19-12-14(10-17-19)13-4-7-18(8-5-13)15(20)11-16-6-9-21-2/h10,12-13,16H,3-9,11H2,1-2H3. The zero-order valence-electron chi connectivity index (χ0n) is 13.0. The molecular formula is C15H26N4O2. The van der Waals surface area contributed by atoms with Crippen LogP contribution < -0.4 is 5.32 Å². The van der Waals surface area contributed by atoms with Crippen LogP contribution in [0.15, 0.2) is 12.4 Å². The number of piperidine rings is 1. The average molecular weight is 294 g/mol. The topological polar surface area (TPSA) is 59.4 Å². The first-order chi connectivity index (χ1) is 10.2. The van der Waals surface area contributed by atoms with E-state index >= 15 is 0 Å². The first kappa shape index (κ1) is 16.0. The van der Waals surface area contributed by atoms with E-state index in [4.69, 9.17) is 4.74 Å². The fraction of sp³-hybridized carbons (Fsp3) is 0.733. The number of ether oxygens (including phenoxy) is 1. The van der Waals surface area contributed by atoms with E-state index in [1.807, 2.05) is 15.8 Å². The quantitative estimate of drug-likeness (QED) is 0.757. The van der Waals surface area contributed by atoms with Crippen LogP contribution >= 0.6 is 0 Å². The van der Waals surface area contributed by atoms with Crippen LogP contribution in [-0.2, 0) is 16.1 Å². The molecule has 0 atom stereocenters. The highest BCUT2D eigenvalue weighted by molar-refractivity contribution is 5.78. The maximum Gasteiger partial charge on any atom is 0.236 e. The third-order valence-corrected chi connectivity index (χ3v) is 4.06. The van der Waals surface area contributed by atoms with Gasteiger partial charge in [0.05, 0.1) is 19.3 Å². The van der Waals surface area contributed by atoms with Gasteiger partial charge >= 0.3 is 0 Å². The minimum Gasteiger partial charge on any atom is -0.383 e. The summed E-state index contributed by atoms with van der Waals surface area (Å²) in [6, 6.07) is 0. The van der Waals surface area contributed by atoms with Gasteiger partial charge < -0.3 is 15.0 Å². The van der Waals surface area contributed by atoms with Gasteiger partial charge in [-0.25, -0.2) is 0 Å². The second-order valence-corrected chi connectivity index (χ2v) is 5.45. The molecule has 6 heteroatoms. The minimum absolute atomic E-state index is 0.189. The van der Waals surface area contributed by atoms with E-state index in [0.717, 1.165) is 39.0 Å². The van der Waals surface area contributed by atoms with Crippen molar-refractivity contribution in [2.24, 2.45) is 0 Å². The second-order valence-electron chi connectivity index (χ2n) is 5.45. The van der Waals surface area contributed by atoms with Gasteiger partial charge in [0, 0.05) is 39.5 Å². The van der Waals surface area contributed by atoms with Crippen molar-refractivity contribution in [2.45, 2.75) is 32.2 Å². The van der Waals surface area contributed by atoms with Gasteiger partial charge in [-0.3, -0.25) is 9.48 Å². The van der Waals surface area contributed by atoms with Crippen molar-refractivity contribution < 1.29 is 9.53 Å². The van der Waals surface area contributed by atoms with Crippen LogP contribution in [0.5, 0.6) is 0 Å². The number of carbonyl (C=O) groups excluding carboxylic acids is 1. The van der Waals surface area contributed by atoms with E-state index in [0.29, 0.717) is 19.1 Å². The van der Waals surface area contributed by atoms with E-state index in [2.05, 4.69) is 23.5 Å². The molecule has 0 spiro atoms. The third-order valence-electron chi connectivity index (χ3n) is 4.06. The van der Waals surface area contributed by atoms with Crippen LogP contribution in [0.1, 0.15) is 31.2 Å². The number of aryl methyl sites for hydroxylation is 1. The Morgan fingerprint density at radius 1 is 1.48 bits per heavy atom. The SMILES string of the molecule is CCn1cc(C2CCN(C(=O)CNCCOC)CC2)cn1. The van der Waals surface area contributed by atoms with Gasteiger partial charge in [-0.15, -0.1) is 0 Å². The summed E-state index contributed by atoms with van der Waals surface area (Å²) in [7, 11) is 1.66. The van der Waals surface area contributed by atoms with Crippen LogP contribution in [0.25, 0.3) is 0 Å². The van der Waals surface area contributed by atoms with Crippen LogP contribution in [0, 0.1) is 0 Å². The summed E-state index contributed by atoms with van der Waals surface area (Å²) < 4.78 is 6.91. The first-order valence-corrected chi connectivity index (χ1v) is 7.74. The van der Waals surface area contributed by atoms with Gasteiger partial charge in [-0.1, -0.05) is 0 Å². The van der Waals surface area contributed by atoms with Crippen molar-refractivity contribution in [3.8, 4) is 0 Å². The Labute approximate surface area is 126 Å². The Hall–Kier alpha value is -1.40. The van der Waals surface area contributed by atoms with Crippen molar-refractivity contribution in [2.75, 3.05) is 39.9 Å². The summed E-state index contributed by atoms with van der Waals surface area (Å²) in [6.07, 6.45) is 6.16. The summed E-state index contributed by atoms with van der Waals surface area (Å²) >= 11 is 0. The number of methoxy groups -OCH3 is 1. The van der Waals surface area contributed by atoms with Gasteiger partial charge in [0.15, 0.2) is 0 Å². The Morgan fingerprint density at radius 3 is 2.86 bits per heavy atom. The molecule has 1 fully saturated rings. The summed E-state index contributed by atoms with van der Waals surface area (Å²) in [5, 5.41) is 7.44. The van der Waals surface area contributed by atoms with Crippen LogP contribution in [0.4, 0.5) is 0 Å². The molecule has 2 heterocycles. The molecule has 2 rings (SSSR count). The number of likely N-dealkylation sites (tertiary alicyclic amines) is 1. The van der Waals surface area contributed by atoms with Crippen LogP contribution in [-0.4, -0.2) is 60.5 Å². The summed E-state index contributed by atoms with van der Waals surface area (Å²) in [4.78, 5) is 14.0. The van der Waals surface area contributed by atoms with Gasteiger partial charge in [-0.05, 0) is 31.2 Å². The minimum atomic E-state index is 0.189. The summed E-state index contributed by atoms with van der Waals surface area (Å²) in [6.45, 7) is 6.44. The Morgan fingerprint density at radius 2 is 2.24 bits per heavy atom. The highest BCUT2D eigenvalue weighted by Gasteiger charge is 2.24. The molecule has 0 aliphatic carbocycles. The average Bonchev–Trinajstić information content (AvgIpc) is 3.00. The zero-order chi connectivity index (χ0) is 15.1. The van der Waals surface area contributed by atoms with E-state index in [9.17, 15) is 4.79 Å². The number of amides is 1. The van der Waals surface area contributed by atoms with Gasteiger partial charge in [-0.2, -0.15) is 5.10 Å². The predicted molar refractivity (Wildman–Crippen MR) is 81.2 cm³/mol. The van der Waals surface area contributed by atoms with Gasteiger partial charge in [0.25, 0.3) is 0 Å². The molecule has 21 heavy (non-hydrogen) atoms. The molecule has 118 valence electrons. The number of nitrogens with one attached hydrogen (secondary N) is 1. The van der Waals surface area contributed by atoms with Gasteiger partial charge in [0.1, 0.15) is 0 Å². The molecular weight excluding hydrogens is 268 g/mol. The predicted octanol–water partition coefficient (Wildman–Crippen LogP) is 0.845. The Balaban J connectivity index is 1.73. The first-order valence-electron chi connectivity index (χ1n) is 7.74. The number of carbonyl (C=O) groups is 1. The monoisotopic (exact) mass is 294 g/mol. The lowest BCUT2D eigenvalue weighted by Gasteiger charge is -2.31. The van der Waals surface area contributed by atoms with Crippen LogP contribution in [0.3, 0.4) is 0 Å². The molecule has 1 amide bonds. The van der Waals surface area contributed by atoms with E-state index in [1.165, 1.54) is 5.56 Å². The molecule has 1 aliphatic heterocycles. The molecule has 6 nitrogen and oxygen atoms in total. The maximum absolute atomic E-state index is 12.1. The van der Waals surface area contributed by atoms with Gasteiger partial charge in [0.2, 0.25) is 5.91 Å². The second kappa shape index (κ2) is 8.14. The zero-order valence-corrected chi connectivity index (χ0v) is 13.0. The molecule has 0 saturated carbocycles. The fourth-order valence-corrected chi connectivity index (χ4v) is 2.71. The summed E-state index contributed by atoms with van der Waals surface area (Å²) in [5.41, 5.74) is 1.31. The number of nitrogens with zero attached hydrogens (tertiary/aromatic N) is 3. The molecule has 0 radical (unpaired) electrons. The molecule has 1 N–H and O–H groups in total. The molecule has 0 aromatic carbocycles. The Bertz CT molecular complexity index is 439. The smallest absolute Gasteiger partial charge is 0.236 e. The highest BCUT2D eigenvalue weighted by Crippen LogP contribution is 2.27. The molecule has 1 aromatic heterocycles. The van der Waals surface area contributed by atoms with Crippen molar-refractivity contribution in [1.29, 1.82) is 0 Å². The third kappa shape index (κ3) is 4.54. The normalized spacial score (nSPS) is 16.4. The van der Waals surface area contributed by atoms with E-state index < -0.39 is 0 Å². The number of rotatable bonds is 7. The van der Waals surface area contributed by atoms with Crippen molar-refractivity contribution in [3.63, 3.8) is 0 Å². The molecule has 1 saturated heterocycles. The van der Waals surface area contributed by atoms with Crippen LogP contribution in [0.2, 0.25) is 0 Å². The lowest BCUT2D eigenvalue weighted by atomic mass is 9.91.